The van der Waals surface area contributed by atoms with Crippen molar-refractivity contribution in [2.24, 2.45) is 29.4 Å². The van der Waals surface area contributed by atoms with Gasteiger partial charge in [0.1, 0.15) is 0 Å². The van der Waals surface area contributed by atoms with Crippen molar-refractivity contribution in [3.8, 4) is 0 Å². The molecule has 4 atom stereocenters. The summed E-state index contributed by atoms with van der Waals surface area (Å²) in [5, 5.41) is 0. The SMILES string of the molecule is CC1CCC(C(N)CC2CCCC2)CC1C. The third-order valence-corrected chi connectivity index (χ3v) is 5.32. The molecule has 16 heavy (non-hydrogen) atoms. The second-order valence-electron chi connectivity index (χ2n) is 6.58. The average molecular weight is 223 g/mol. The molecule has 4 unspecified atom stereocenters. The molecular formula is C15H29N. The van der Waals surface area contributed by atoms with Gasteiger partial charge in [-0.15, -0.1) is 0 Å². The smallest absolute Gasteiger partial charge is 0.00699 e. The van der Waals surface area contributed by atoms with Crippen LogP contribution in [0.25, 0.3) is 0 Å². The van der Waals surface area contributed by atoms with E-state index in [0.29, 0.717) is 6.04 Å². The van der Waals surface area contributed by atoms with Crippen molar-refractivity contribution in [1.82, 2.24) is 0 Å². The minimum absolute atomic E-state index is 0.498. The highest BCUT2D eigenvalue weighted by atomic mass is 14.7. The molecule has 2 N–H and O–H groups in total. The van der Waals surface area contributed by atoms with Crippen LogP contribution in [0.3, 0.4) is 0 Å². The molecule has 2 fully saturated rings. The second-order valence-corrected chi connectivity index (χ2v) is 6.58. The zero-order valence-corrected chi connectivity index (χ0v) is 11.1. The van der Waals surface area contributed by atoms with Gasteiger partial charge in [-0.25, -0.2) is 0 Å². The predicted molar refractivity (Wildman–Crippen MR) is 70.2 cm³/mol. The molecule has 0 aromatic heterocycles. The minimum Gasteiger partial charge on any atom is -0.327 e. The van der Waals surface area contributed by atoms with Crippen LogP contribution < -0.4 is 5.73 Å². The first-order chi connectivity index (χ1) is 7.66. The fraction of sp³-hybridized carbons (Fsp3) is 1.00. The van der Waals surface area contributed by atoms with E-state index in [0.717, 1.165) is 23.7 Å². The Labute approximate surface area is 101 Å². The van der Waals surface area contributed by atoms with Crippen LogP contribution in [0.4, 0.5) is 0 Å². The van der Waals surface area contributed by atoms with Crippen molar-refractivity contribution in [3.05, 3.63) is 0 Å². The molecule has 2 aliphatic carbocycles. The van der Waals surface area contributed by atoms with E-state index in [-0.39, 0.29) is 0 Å². The summed E-state index contributed by atoms with van der Waals surface area (Å²) in [5.74, 6) is 3.61. The Morgan fingerprint density at radius 3 is 2.31 bits per heavy atom. The summed E-state index contributed by atoms with van der Waals surface area (Å²) < 4.78 is 0. The monoisotopic (exact) mass is 223 g/mol. The van der Waals surface area contributed by atoms with Crippen LogP contribution in [0.2, 0.25) is 0 Å². The highest BCUT2D eigenvalue weighted by Crippen LogP contribution is 2.37. The van der Waals surface area contributed by atoms with E-state index in [2.05, 4.69) is 13.8 Å². The molecule has 0 aliphatic heterocycles. The summed E-state index contributed by atoms with van der Waals surface area (Å²) >= 11 is 0. The lowest BCUT2D eigenvalue weighted by Gasteiger charge is -2.36. The summed E-state index contributed by atoms with van der Waals surface area (Å²) in [4.78, 5) is 0. The lowest BCUT2D eigenvalue weighted by Crippen LogP contribution is -2.36. The van der Waals surface area contributed by atoms with E-state index in [9.17, 15) is 0 Å². The molecule has 2 saturated carbocycles. The summed E-state index contributed by atoms with van der Waals surface area (Å²) in [6.45, 7) is 4.82. The van der Waals surface area contributed by atoms with Crippen LogP contribution in [-0.2, 0) is 0 Å². The first-order valence-electron chi connectivity index (χ1n) is 7.42. The van der Waals surface area contributed by atoms with Crippen LogP contribution in [0, 0.1) is 23.7 Å². The zero-order valence-electron chi connectivity index (χ0n) is 11.1. The average Bonchev–Trinajstić information content (AvgIpc) is 2.74. The van der Waals surface area contributed by atoms with E-state index in [1.165, 1.54) is 51.4 Å². The van der Waals surface area contributed by atoms with Gasteiger partial charge in [0.05, 0.1) is 0 Å². The Morgan fingerprint density at radius 1 is 1.00 bits per heavy atom. The first-order valence-corrected chi connectivity index (χ1v) is 7.42. The molecule has 0 aromatic rings. The van der Waals surface area contributed by atoms with E-state index in [1.807, 2.05) is 0 Å². The van der Waals surface area contributed by atoms with Crippen LogP contribution in [0.5, 0.6) is 0 Å². The van der Waals surface area contributed by atoms with Gasteiger partial charge in [-0.2, -0.15) is 0 Å². The number of hydrogen-bond donors (Lipinski definition) is 1. The molecule has 0 aromatic carbocycles. The second kappa shape index (κ2) is 5.53. The molecule has 0 amide bonds. The van der Waals surface area contributed by atoms with Gasteiger partial charge >= 0.3 is 0 Å². The number of nitrogens with two attached hydrogens (primary N) is 1. The van der Waals surface area contributed by atoms with Gasteiger partial charge in [0.15, 0.2) is 0 Å². The lowest BCUT2D eigenvalue weighted by molar-refractivity contribution is 0.174. The van der Waals surface area contributed by atoms with E-state index < -0.39 is 0 Å². The maximum absolute atomic E-state index is 6.44. The Morgan fingerprint density at radius 2 is 1.69 bits per heavy atom. The van der Waals surface area contributed by atoms with Crippen molar-refractivity contribution in [3.63, 3.8) is 0 Å². The van der Waals surface area contributed by atoms with E-state index >= 15 is 0 Å². The van der Waals surface area contributed by atoms with Gasteiger partial charge in [0, 0.05) is 6.04 Å². The van der Waals surface area contributed by atoms with Crippen LogP contribution in [0.15, 0.2) is 0 Å². The highest BCUT2D eigenvalue weighted by molar-refractivity contribution is 4.84. The Balaban J connectivity index is 1.78. The normalized spacial score (nSPS) is 38.8. The molecule has 0 saturated heterocycles. The standard InChI is InChI=1S/C15H29N/c1-11-7-8-14(9-12(11)2)15(16)10-13-5-3-4-6-13/h11-15H,3-10,16H2,1-2H3. The summed E-state index contributed by atoms with van der Waals surface area (Å²) in [7, 11) is 0. The summed E-state index contributed by atoms with van der Waals surface area (Å²) in [6.07, 6.45) is 11.3. The third-order valence-electron chi connectivity index (χ3n) is 5.32. The van der Waals surface area contributed by atoms with Crippen LogP contribution >= 0.6 is 0 Å². The van der Waals surface area contributed by atoms with Crippen LogP contribution in [0.1, 0.15) is 65.2 Å². The van der Waals surface area contributed by atoms with Crippen molar-refractivity contribution in [2.75, 3.05) is 0 Å². The molecule has 0 heterocycles. The van der Waals surface area contributed by atoms with Crippen LogP contribution in [-0.4, -0.2) is 6.04 Å². The largest absolute Gasteiger partial charge is 0.327 e. The van der Waals surface area contributed by atoms with Crippen molar-refractivity contribution >= 4 is 0 Å². The van der Waals surface area contributed by atoms with Crippen molar-refractivity contribution < 1.29 is 0 Å². The Kier molecular flexibility index (Phi) is 4.29. The fourth-order valence-corrected chi connectivity index (χ4v) is 3.80. The first kappa shape index (κ1) is 12.4. The van der Waals surface area contributed by atoms with Gasteiger partial charge in [-0.05, 0) is 42.9 Å². The predicted octanol–water partition coefficient (Wildman–Crippen LogP) is 3.97. The molecule has 0 radical (unpaired) electrons. The molecule has 2 aliphatic rings. The fourth-order valence-electron chi connectivity index (χ4n) is 3.80. The van der Waals surface area contributed by atoms with Crippen molar-refractivity contribution in [1.29, 1.82) is 0 Å². The molecule has 2 rings (SSSR count). The number of hydrogen-bond acceptors (Lipinski definition) is 1. The molecule has 94 valence electrons. The topological polar surface area (TPSA) is 26.0 Å². The highest BCUT2D eigenvalue weighted by Gasteiger charge is 2.30. The van der Waals surface area contributed by atoms with Gasteiger partial charge in [-0.3, -0.25) is 0 Å². The van der Waals surface area contributed by atoms with E-state index in [1.54, 1.807) is 0 Å². The quantitative estimate of drug-likeness (QED) is 0.770. The molecule has 1 nitrogen and oxygen atoms in total. The van der Waals surface area contributed by atoms with Gasteiger partial charge < -0.3 is 5.73 Å². The number of rotatable bonds is 3. The van der Waals surface area contributed by atoms with Gasteiger partial charge in [0.25, 0.3) is 0 Å². The van der Waals surface area contributed by atoms with E-state index in [4.69, 9.17) is 5.73 Å². The third kappa shape index (κ3) is 3.00. The maximum Gasteiger partial charge on any atom is 0.00699 e. The maximum atomic E-state index is 6.44. The Hall–Kier alpha value is -0.0400. The Bertz CT molecular complexity index is 207. The lowest BCUT2D eigenvalue weighted by atomic mass is 9.72. The molecule has 0 bridgehead atoms. The molecule has 1 heteroatoms. The minimum atomic E-state index is 0.498. The zero-order chi connectivity index (χ0) is 11.5. The molecular weight excluding hydrogens is 194 g/mol. The summed E-state index contributed by atoms with van der Waals surface area (Å²) in [6, 6.07) is 0.498. The van der Waals surface area contributed by atoms with Gasteiger partial charge in [0.2, 0.25) is 0 Å². The van der Waals surface area contributed by atoms with Gasteiger partial charge in [-0.1, -0.05) is 46.0 Å². The molecule has 0 spiro atoms. The summed E-state index contributed by atoms with van der Waals surface area (Å²) in [5.41, 5.74) is 6.44. The van der Waals surface area contributed by atoms with Crippen molar-refractivity contribution in [2.45, 2.75) is 71.3 Å².